The zero-order chi connectivity index (χ0) is 13.3. The zero-order valence-corrected chi connectivity index (χ0v) is 12.3. The molecule has 102 valence electrons. The Morgan fingerprint density at radius 1 is 1.22 bits per heavy atom. The van der Waals surface area contributed by atoms with E-state index in [1.54, 1.807) is 6.92 Å². The average Bonchev–Trinajstić information content (AvgIpc) is 2.68. The number of nitrogens with zero attached hydrogens (tertiary/aromatic N) is 2. The van der Waals surface area contributed by atoms with Crippen molar-refractivity contribution >= 4 is 9.84 Å². The Bertz CT molecular complexity index is 525. The van der Waals surface area contributed by atoms with Crippen LogP contribution in [-0.2, 0) is 9.84 Å². The van der Waals surface area contributed by atoms with E-state index in [-0.39, 0.29) is 10.9 Å². The van der Waals surface area contributed by atoms with Crippen molar-refractivity contribution in [3.05, 3.63) is 11.4 Å². The lowest BCUT2D eigenvalue weighted by Gasteiger charge is -2.25. The standard InChI is InChI=1S/C13H22N2O2S/c1-4-18(16,17)13-14-10(2)11(3)15(13)12-8-6-5-7-9-12/h12H,4-9H2,1-3H3. The Labute approximate surface area is 109 Å². The largest absolute Gasteiger partial charge is 0.316 e. The van der Waals surface area contributed by atoms with Gasteiger partial charge in [-0.3, -0.25) is 0 Å². The van der Waals surface area contributed by atoms with E-state index in [2.05, 4.69) is 4.98 Å². The van der Waals surface area contributed by atoms with Crippen LogP contribution in [0.5, 0.6) is 0 Å². The lowest BCUT2D eigenvalue weighted by atomic mass is 9.95. The molecule has 0 bridgehead atoms. The molecule has 1 fully saturated rings. The molecule has 0 saturated heterocycles. The van der Waals surface area contributed by atoms with Crippen molar-refractivity contribution in [3.63, 3.8) is 0 Å². The topological polar surface area (TPSA) is 52.0 Å². The summed E-state index contributed by atoms with van der Waals surface area (Å²) in [6, 6.07) is 0.316. The molecule has 18 heavy (non-hydrogen) atoms. The van der Waals surface area contributed by atoms with Gasteiger partial charge in [-0.2, -0.15) is 0 Å². The number of aromatic nitrogens is 2. The molecule has 5 heteroatoms. The summed E-state index contributed by atoms with van der Waals surface area (Å²) in [5.41, 5.74) is 1.85. The summed E-state index contributed by atoms with van der Waals surface area (Å²) in [7, 11) is -3.23. The Hall–Kier alpha value is -0.840. The fourth-order valence-corrected chi connectivity index (χ4v) is 3.83. The van der Waals surface area contributed by atoms with Crippen LogP contribution in [0.2, 0.25) is 0 Å². The first-order valence-electron chi connectivity index (χ1n) is 6.75. The van der Waals surface area contributed by atoms with Crippen molar-refractivity contribution in [3.8, 4) is 0 Å². The van der Waals surface area contributed by atoms with E-state index in [1.165, 1.54) is 19.3 Å². The smallest absolute Gasteiger partial charge is 0.228 e. The van der Waals surface area contributed by atoms with Gasteiger partial charge in [0.25, 0.3) is 0 Å². The zero-order valence-electron chi connectivity index (χ0n) is 11.4. The molecule has 0 unspecified atom stereocenters. The Balaban J connectivity index is 2.51. The van der Waals surface area contributed by atoms with Crippen LogP contribution in [0.1, 0.15) is 56.5 Å². The van der Waals surface area contributed by atoms with Crippen LogP contribution in [0.4, 0.5) is 0 Å². The predicted octanol–water partition coefficient (Wildman–Crippen LogP) is 2.80. The predicted molar refractivity (Wildman–Crippen MR) is 71.5 cm³/mol. The first-order valence-corrected chi connectivity index (χ1v) is 8.40. The number of imidazole rings is 1. The summed E-state index contributed by atoms with van der Waals surface area (Å²) < 4.78 is 26.3. The fraction of sp³-hybridized carbons (Fsp3) is 0.769. The van der Waals surface area contributed by atoms with Crippen LogP contribution in [0.3, 0.4) is 0 Å². The highest BCUT2D eigenvalue weighted by Gasteiger charge is 2.27. The van der Waals surface area contributed by atoms with Crippen molar-refractivity contribution < 1.29 is 8.42 Å². The lowest BCUT2D eigenvalue weighted by Crippen LogP contribution is -2.20. The third-order valence-electron chi connectivity index (χ3n) is 3.95. The van der Waals surface area contributed by atoms with Crippen LogP contribution in [-0.4, -0.2) is 23.7 Å². The number of rotatable bonds is 3. The molecule has 1 heterocycles. The molecule has 4 nitrogen and oxygen atoms in total. The molecule has 1 aliphatic carbocycles. The summed E-state index contributed by atoms with van der Waals surface area (Å²) >= 11 is 0. The molecule has 0 aliphatic heterocycles. The SMILES string of the molecule is CCS(=O)(=O)c1nc(C)c(C)n1C1CCCCC1. The van der Waals surface area contributed by atoms with E-state index in [9.17, 15) is 8.42 Å². The first kappa shape index (κ1) is 13.6. The lowest BCUT2D eigenvalue weighted by molar-refractivity contribution is 0.329. The second-order valence-corrected chi connectivity index (χ2v) is 7.30. The molecule has 2 rings (SSSR count). The van der Waals surface area contributed by atoms with E-state index in [0.29, 0.717) is 6.04 Å². The molecule has 0 aromatic carbocycles. The first-order chi connectivity index (χ1) is 8.47. The van der Waals surface area contributed by atoms with E-state index in [4.69, 9.17) is 0 Å². The Morgan fingerprint density at radius 2 is 1.83 bits per heavy atom. The molecule has 1 aliphatic rings. The molecular weight excluding hydrogens is 248 g/mol. The average molecular weight is 270 g/mol. The summed E-state index contributed by atoms with van der Waals surface area (Å²) in [6.07, 6.45) is 5.78. The monoisotopic (exact) mass is 270 g/mol. The van der Waals surface area contributed by atoms with Gasteiger partial charge in [-0.1, -0.05) is 26.2 Å². The molecule has 0 spiro atoms. The minimum atomic E-state index is -3.23. The third-order valence-corrected chi connectivity index (χ3v) is 5.56. The number of hydrogen-bond donors (Lipinski definition) is 0. The fourth-order valence-electron chi connectivity index (χ4n) is 2.71. The number of aryl methyl sites for hydroxylation is 1. The summed E-state index contributed by atoms with van der Waals surface area (Å²) in [4.78, 5) is 4.30. The molecule has 0 N–H and O–H groups in total. The Morgan fingerprint density at radius 3 is 2.39 bits per heavy atom. The van der Waals surface area contributed by atoms with Crippen LogP contribution >= 0.6 is 0 Å². The van der Waals surface area contributed by atoms with Crippen molar-refractivity contribution in [2.24, 2.45) is 0 Å². The van der Waals surface area contributed by atoms with Gasteiger partial charge >= 0.3 is 0 Å². The minimum absolute atomic E-state index is 0.121. The Kier molecular flexibility index (Phi) is 3.80. The van der Waals surface area contributed by atoms with Gasteiger partial charge in [-0.15, -0.1) is 0 Å². The quantitative estimate of drug-likeness (QED) is 0.848. The third kappa shape index (κ3) is 2.32. The van der Waals surface area contributed by atoms with E-state index < -0.39 is 9.84 Å². The highest BCUT2D eigenvalue weighted by molar-refractivity contribution is 7.91. The molecule has 0 amide bonds. The summed E-state index contributed by atoms with van der Waals surface area (Å²) in [5, 5.41) is 0.284. The maximum absolute atomic E-state index is 12.1. The van der Waals surface area contributed by atoms with Crippen molar-refractivity contribution in [1.82, 2.24) is 9.55 Å². The molecule has 0 radical (unpaired) electrons. The minimum Gasteiger partial charge on any atom is -0.316 e. The molecular formula is C13H22N2O2S. The van der Waals surface area contributed by atoms with Gasteiger partial charge in [0, 0.05) is 11.7 Å². The second kappa shape index (κ2) is 5.03. The van der Waals surface area contributed by atoms with Crippen molar-refractivity contribution in [2.75, 3.05) is 5.75 Å². The summed E-state index contributed by atoms with van der Waals surface area (Å²) in [6.45, 7) is 5.55. The van der Waals surface area contributed by atoms with Gasteiger partial charge in [0.1, 0.15) is 0 Å². The maximum Gasteiger partial charge on any atom is 0.228 e. The molecule has 1 saturated carbocycles. The number of hydrogen-bond acceptors (Lipinski definition) is 3. The van der Waals surface area contributed by atoms with Gasteiger partial charge < -0.3 is 4.57 Å². The molecule has 1 aromatic heterocycles. The highest BCUT2D eigenvalue weighted by atomic mass is 32.2. The maximum atomic E-state index is 12.1. The molecule has 0 atom stereocenters. The van der Waals surface area contributed by atoms with Crippen molar-refractivity contribution in [2.45, 2.75) is 64.1 Å². The van der Waals surface area contributed by atoms with Gasteiger partial charge in [-0.25, -0.2) is 13.4 Å². The van der Waals surface area contributed by atoms with Crippen LogP contribution in [0, 0.1) is 13.8 Å². The van der Waals surface area contributed by atoms with E-state index in [0.717, 1.165) is 24.2 Å². The van der Waals surface area contributed by atoms with Gasteiger partial charge in [0.05, 0.1) is 11.4 Å². The highest BCUT2D eigenvalue weighted by Crippen LogP contribution is 2.32. The summed E-state index contributed by atoms with van der Waals surface area (Å²) in [5.74, 6) is 0.121. The van der Waals surface area contributed by atoms with E-state index in [1.807, 2.05) is 18.4 Å². The van der Waals surface area contributed by atoms with Crippen LogP contribution in [0.15, 0.2) is 5.16 Å². The van der Waals surface area contributed by atoms with Gasteiger partial charge in [0.15, 0.2) is 0 Å². The van der Waals surface area contributed by atoms with Crippen LogP contribution in [0.25, 0.3) is 0 Å². The van der Waals surface area contributed by atoms with Gasteiger partial charge in [-0.05, 0) is 26.7 Å². The second-order valence-electron chi connectivity index (χ2n) is 5.13. The number of sulfone groups is 1. The normalized spacial score (nSPS) is 18.2. The van der Waals surface area contributed by atoms with Gasteiger partial charge in [0.2, 0.25) is 15.0 Å². The van der Waals surface area contributed by atoms with E-state index >= 15 is 0 Å². The van der Waals surface area contributed by atoms with Crippen molar-refractivity contribution in [1.29, 1.82) is 0 Å². The van der Waals surface area contributed by atoms with Crippen LogP contribution < -0.4 is 0 Å². The molecule has 1 aromatic rings.